The van der Waals surface area contributed by atoms with Crippen LogP contribution in [0.4, 0.5) is 0 Å². The van der Waals surface area contributed by atoms with E-state index in [1.807, 2.05) is 6.92 Å². The van der Waals surface area contributed by atoms with Gasteiger partial charge in [-0.05, 0) is 55.5 Å². The molecule has 2 aromatic carbocycles. The van der Waals surface area contributed by atoms with Crippen molar-refractivity contribution >= 4 is 46.8 Å². The molecule has 1 aliphatic carbocycles. The lowest BCUT2D eigenvalue weighted by Gasteiger charge is -2.32. The number of hydrogen-bond acceptors (Lipinski definition) is 4. The van der Waals surface area contributed by atoms with Crippen molar-refractivity contribution in [3.8, 4) is 0 Å². The Labute approximate surface area is 227 Å². The molecule has 9 heteroatoms. The van der Waals surface area contributed by atoms with E-state index in [-0.39, 0.29) is 49.2 Å². The number of carbonyl (C=O) groups is 4. The van der Waals surface area contributed by atoms with Crippen molar-refractivity contribution in [2.24, 2.45) is 0 Å². The molecule has 4 rings (SSSR count). The van der Waals surface area contributed by atoms with Crippen molar-refractivity contribution in [1.82, 2.24) is 15.1 Å². The van der Waals surface area contributed by atoms with Crippen molar-refractivity contribution in [1.29, 1.82) is 0 Å². The molecule has 0 saturated heterocycles. The highest BCUT2D eigenvalue weighted by atomic mass is 35.5. The predicted octanol–water partition coefficient (Wildman–Crippen LogP) is 5.24. The first-order valence-corrected chi connectivity index (χ1v) is 13.5. The Morgan fingerprint density at radius 1 is 1.03 bits per heavy atom. The Hall–Kier alpha value is -2.90. The summed E-state index contributed by atoms with van der Waals surface area (Å²) < 4.78 is 0. The fraction of sp³-hybridized carbons (Fsp3) is 0.429. The van der Waals surface area contributed by atoms with E-state index in [1.165, 1.54) is 4.90 Å². The average Bonchev–Trinajstić information content (AvgIpc) is 3.48. The van der Waals surface area contributed by atoms with Crippen LogP contribution in [0.15, 0.2) is 42.5 Å². The van der Waals surface area contributed by atoms with E-state index in [0.717, 1.165) is 31.2 Å². The minimum Gasteiger partial charge on any atom is -0.352 e. The number of benzene rings is 2. The van der Waals surface area contributed by atoms with Gasteiger partial charge < -0.3 is 10.2 Å². The molecule has 1 saturated carbocycles. The van der Waals surface area contributed by atoms with Gasteiger partial charge in [-0.1, -0.05) is 61.2 Å². The predicted molar refractivity (Wildman–Crippen MR) is 143 cm³/mol. The van der Waals surface area contributed by atoms with Gasteiger partial charge in [0.2, 0.25) is 11.8 Å². The zero-order valence-electron chi connectivity index (χ0n) is 20.8. The molecule has 1 unspecified atom stereocenters. The average molecular weight is 544 g/mol. The number of fused-ring (bicyclic) bond motifs is 1. The lowest BCUT2D eigenvalue weighted by Crippen LogP contribution is -2.51. The first-order chi connectivity index (χ1) is 17.8. The van der Waals surface area contributed by atoms with Crippen molar-refractivity contribution in [3.63, 3.8) is 0 Å². The van der Waals surface area contributed by atoms with Gasteiger partial charge in [-0.25, -0.2) is 0 Å². The van der Waals surface area contributed by atoms with Gasteiger partial charge in [0.05, 0.1) is 21.2 Å². The topological polar surface area (TPSA) is 86.8 Å². The van der Waals surface area contributed by atoms with Crippen LogP contribution < -0.4 is 5.32 Å². The maximum absolute atomic E-state index is 13.5. The molecule has 0 bridgehead atoms. The molecule has 0 spiro atoms. The Morgan fingerprint density at radius 2 is 1.68 bits per heavy atom. The second-order valence-electron chi connectivity index (χ2n) is 9.60. The second-order valence-corrected chi connectivity index (χ2v) is 10.4. The summed E-state index contributed by atoms with van der Waals surface area (Å²) in [6.45, 7) is 2.20. The van der Waals surface area contributed by atoms with Crippen LogP contribution in [0, 0.1) is 0 Å². The number of nitrogens with zero attached hydrogens (tertiary/aromatic N) is 2. The monoisotopic (exact) mass is 543 g/mol. The molecule has 2 aliphatic rings. The van der Waals surface area contributed by atoms with Gasteiger partial charge in [-0.3, -0.25) is 24.1 Å². The van der Waals surface area contributed by atoms with Crippen LogP contribution in [0.3, 0.4) is 0 Å². The highest BCUT2D eigenvalue weighted by Gasteiger charge is 2.35. The van der Waals surface area contributed by atoms with Gasteiger partial charge >= 0.3 is 0 Å². The molecule has 1 atom stereocenters. The van der Waals surface area contributed by atoms with E-state index >= 15 is 0 Å². The summed E-state index contributed by atoms with van der Waals surface area (Å²) in [6, 6.07) is 11.4. The molecule has 1 heterocycles. The molecule has 1 N–H and O–H groups in total. The zero-order chi connectivity index (χ0) is 26.5. The number of carbonyl (C=O) groups excluding carboxylic acids is 4. The highest BCUT2D eigenvalue weighted by Crippen LogP contribution is 2.26. The molecule has 37 heavy (non-hydrogen) atoms. The van der Waals surface area contributed by atoms with E-state index in [2.05, 4.69) is 5.32 Å². The summed E-state index contributed by atoms with van der Waals surface area (Å²) in [5, 5.41) is 3.90. The van der Waals surface area contributed by atoms with Crippen LogP contribution in [0.5, 0.6) is 0 Å². The van der Waals surface area contributed by atoms with Gasteiger partial charge in [0, 0.05) is 25.6 Å². The molecule has 1 aliphatic heterocycles. The lowest BCUT2D eigenvalue weighted by atomic mass is 10.1. The third-order valence-corrected chi connectivity index (χ3v) is 7.81. The minimum atomic E-state index is -0.651. The number of rotatable bonds is 10. The van der Waals surface area contributed by atoms with E-state index < -0.39 is 6.04 Å². The summed E-state index contributed by atoms with van der Waals surface area (Å²) >= 11 is 12.3. The lowest BCUT2D eigenvalue weighted by molar-refractivity contribution is -0.141. The smallest absolute Gasteiger partial charge is 0.261 e. The SMILES string of the molecule is CCC(C(=O)NC1CCCC1)N(Cc1ccc(Cl)c(Cl)c1)C(=O)CCCN1C(=O)c2ccccc2C1=O. The Morgan fingerprint density at radius 3 is 2.27 bits per heavy atom. The molecule has 4 amide bonds. The van der Waals surface area contributed by atoms with Crippen LogP contribution >= 0.6 is 23.2 Å². The minimum absolute atomic E-state index is 0.0853. The van der Waals surface area contributed by atoms with Gasteiger partial charge in [-0.15, -0.1) is 0 Å². The van der Waals surface area contributed by atoms with Crippen LogP contribution in [0.2, 0.25) is 10.0 Å². The molecule has 1 fully saturated rings. The molecular formula is C28H31Cl2N3O4. The van der Waals surface area contributed by atoms with Gasteiger partial charge in [0.1, 0.15) is 6.04 Å². The van der Waals surface area contributed by atoms with Crippen LogP contribution in [-0.4, -0.2) is 52.1 Å². The molecule has 0 radical (unpaired) electrons. The largest absolute Gasteiger partial charge is 0.352 e. The standard InChI is InChI=1S/C28H31Cl2N3O4/c1-2-24(26(35)31-19-8-3-4-9-19)33(17-18-13-14-22(29)23(30)16-18)25(34)12-7-15-32-27(36)20-10-5-6-11-21(20)28(32)37/h5-6,10-11,13-14,16,19,24H,2-4,7-9,12,15,17H2,1H3,(H,31,35). The second kappa shape index (κ2) is 12.1. The third-order valence-electron chi connectivity index (χ3n) is 7.07. The molecule has 196 valence electrons. The fourth-order valence-electron chi connectivity index (χ4n) is 5.10. The van der Waals surface area contributed by atoms with Crippen LogP contribution in [0.1, 0.15) is 78.1 Å². The normalized spacial score (nSPS) is 16.1. The van der Waals surface area contributed by atoms with Gasteiger partial charge in [-0.2, -0.15) is 0 Å². The van der Waals surface area contributed by atoms with E-state index in [9.17, 15) is 19.2 Å². The quantitative estimate of drug-likeness (QED) is 0.415. The Bertz CT molecular complexity index is 1160. The number of imide groups is 1. The summed E-state index contributed by atoms with van der Waals surface area (Å²) in [4.78, 5) is 54.8. The molecule has 0 aromatic heterocycles. The summed E-state index contributed by atoms with van der Waals surface area (Å²) in [5.41, 5.74) is 1.53. The van der Waals surface area contributed by atoms with E-state index in [0.29, 0.717) is 34.0 Å². The summed E-state index contributed by atoms with van der Waals surface area (Å²) in [5.74, 6) is -1.08. The fourth-order valence-corrected chi connectivity index (χ4v) is 5.42. The first-order valence-electron chi connectivity index (χ1n) is 12.8. The van der Waals surface area contributed by atoms with Gasteiger partial charge in [0.15, 0.2) is 0 Å². The van der Waals surface area contributed by atoms with Gasteiger partial charge in [0.25, 0.3) is 11.8 Å². The number of nitrogens with one attached hydrogen (secondary N) is 1. The summed E-state index contributed by atoms with van der Waals surface area (Å²) in [6.07, 6.45) is 4.90. The number of halogens is 2. The Kier molecular flexibility index (Phi) is 8.87. The maximum atomic E-state index is 13.5. The first kappa shape index (κ1) is 27.1. The van der Waals surface area contributed by atoms with E-state index in [4.69, 9.17) is 23.2 Å². The maximum Gasteiger partial charge on any atom is 0.261 e. The van der Waals surface area contributed by atoms with Crippen molar-refractivity contribution in [3.05, 3.63) is 69.2 Å². The van der Waals surface area contributed by atoms with Crippen LogP contribution in [-0.2, 0) is 16.1 Å². The summed E-state index contributed by atoms with van der Waals surface area (Å²) in [7, 11) is 0. The Balaban J connectivity index is 1.46. The molecule has 2 aromatic rings. The molecular weight excluding hydrogens is 513 g/mol. The van der Waals surface area contributed by atoms with Crippen molar-refractivity contribution < 1.29 is 19.2 Å². The van der Waals surface area contributed by atoms with E-state index in [1.54, 1.807) is 47.4 Å². The highest BCUT2D eigenvalue weighted by molar-refractivity contribution is 6.42. The van der Waals surface area contributed by atoms with Crippen molar-refractivity contribution in [2.75, 3.05) is 6.54 Å². The van der Waals surface area contributed by atoms with Crippen molar-refractivity contribution in [2.45, 2.75) is 70.5 Å². The zero-order valence-corrected chi connectivity index (χ0v) is 22.4. The van der Waals surface area contributed by atoms with Crippen LogP contribution in [0.25, 0.3) is 0 Å². The third kappa shape index (κ3) is 6.16. The number of hydrogen-bond donors (Lipinski definition) is 1. The number of amides is 4. The molecule has 7 nitrogen and oxygen atoms in total.